The van der Waals surface area contributed by atoms with Gasteiger partial charge < -0.3 is 10.1 Å². The molecule has 1 aromatic heterocycles. The van der Waals surface area contributed by atoms with Crippen molar-refractivity contribution < 1.29 is 14.3 Å². The van der Waals surface area contributed by atoms with Gasteiger partial charge in [0.15, 0.2) is 0 Å². The van der Waals surface area contributed by atoms with Crippen molar-refractivity contribution in [2.45, 2.75) is 6.10 Å². The molecule has 1 N–H and O–H groups in total. The minimum absolute atomic E-state index is 0.211. The van der Waals surface area contributed by atoms with Crippen LogP contribution in [0.2, 0.25) is 0 Å². The van der Waals surface area contributed by atoms with Crippen molar-refractivity contribution in [1.29, 1.82) is 0 Å². The smallest absolute Gasteiger partial charge is 0.414 e. The van der Waals surface area contributed by atoms with Gasteiger partial charge in [0.1, 0.15) is 6.10 Å². The number of benzene rings is 1. The highest BCUT2D eigenvalue weighted by Crippen LogP contribution is 2.20. The van der Waals surface area contributed by atoms with Gasteiger partial charge in [-0.2, -0.15) is 0 Å². The summed E-state index contributed by atoms with van der Waals surface area (Å²) in [7, 11) is 0. The fourth-order valence-corrected chi connectivity index (χ4v) is 2.26. The van der Waals surface area contributed by atoms with Crippen LogP contribution in [0.4, 0.5) is 10.5 Å². The summed E-state index contributed by atoms with van der Waals surface area (Å²) >= 11 is 0. The molecule has 1 aliphatic rings. The van der Waals surface area contributed by atoms with Crippen LogP contribution in [-0.2, 0) is 4.74 Å². The van der Waals surface area contributed by atoms with Crippen molar-refractivity contribution >= 4 is 17.7 Å². The van der Waals surface area contributed by atoms with E-state index in [0.717, 1.165) is 5.69 Å². The van der Waals surface area contributed by atoms with Crippen molar-refractivity contribution in [3.8, 4) is 0 Å². The molecule has 6 heteroatoms. The van der Waals surface area contributed by atoms with E-state index in [1.165, 1.54) is 0 Å². The molecular weight excluding hydrogens is 282 g/mol. The largest absolute Gasteiger partial charge is 0.442 e. The summed E-state index contributed by atoms with van der Waals surface area (Å²) in [5.41, 5.74) is 1.31. The Kier molecular flexibility index (Phi) is 4.00. The summed E-state index contributed by atoms with van der Waals surface area (Å²) in [4.78, 5) is 29.2. The zero-order chi connectivity index (χ0) is 15.4. The van der Waals surface area contributed by atoms with Crippen LogP contribution in [0, 0.1) is 0 Å². The van der Waals surface area contributed by atoms with Gasteiger partial charge in [0, 0.05) is 23.6 Å². The molecule has 0 spiro atoms. The molecular formula is C16H15N3O3. The Balaban J connectivity index is 1.57. The summed E-state index contributed by atoms with van der Waals surface area (Å²) in [5.74, 6) is -0.211. The third-order valence-electron chi connectivity index (χ3n) is 3.37. The number of para-hydroxylation sites is 1. The first-order chi connectivity index (χ1) is 10.7. The Labute approximate surface area is 127 Å². The molecule has 0 radical (unpaired) electrons. The monoisotopic (exact) mass is 297 g/mol. The maximum atomic E-state index is 11.9. The van der Waals surface area contributed by atoms with Gasteiger partial charge in [0.25, 0.3) is 5.91 Å². The topological polar surface area (TPSA) is 71.5 Å². The van der Waals surface area contributed by atoms with Crippen LogP contribution in [0.15, 0.2) is 54.9 Å². The lowest BCUT2D eigenvalue weighted by molar-refractivity contribution is 0.0916. The van der Waals surface area contributed by atoms with Crippen LogP contribution in [0.1, 0.15) is 10.4 Å². The summed E-state index contributed by atoms with van der Waals surface area (Å²) in [6.45, 7) is 0.690. The average molecular weight is 297 g/mol. The third-order valence-corrected chi connectivity index (χ3v) is 3.37. The number of nitrogens with one attached hydrogen (secondary N) is 1. The molecule has 22 heavy (non-hydrogen) atoms. The maximum Gasteiger partial charge on any atom is 0.414 e. The fraction of sp³-hybridized carbons (Fsp3) is 0.188. The van der Waals surface area contributed by atoms with Crippen molar-refractivity contribution in [3.05, 3.63) is 60.4 Å². The minimum atomic E-state index is -0.394. The number of nitrogens with zero attached hydrogens (tertiary/aromatic N) is 2. The molecule has 1 fully saturated rings. The molecule has 6 nitrogen and oxygen atoms in total. The Bertz CT molecular complexity index is 661. The highest BCUT2D eigenvalue weighted by atomic mass is 16.6. The number of ether oxygens (including phenoxy) is 1. The lowest BCUT2D eigenvalue weighted by atomic mass is 10.2. The van der Waals surface area contributed by atoms with Crippen LogP contribution in [0.3, 0.4) is 0 Å². The number of amides is 2. The number of rotatable bonds is 4. The molecule has 1 aliphatic heterocycles. The molecule has 0 bridgehead atoms. The Morgan fingerprint density at radius 1 is 1.23 bits per heavy atom. The van der Waals surface area contributed by atoms with Gasteiger partial charge in [0.05, 0.1) is 13.1 Å². The average Bonchev–Trinajstić information content (AvgIpc) is 2.95. The number of carbonyl (C=O) groups is 2. The van der Waals surface area contributed by atoms with Crippen LogP contribution in [0.5, 0.6) is 0 Å². The van der Waals surface area contributed by atoms with Crippen LogP contribution in [-0.4, -0.2) is 36.2 Å². The normalized spacial score (nSPS) is 17.2. The molecule has 0 aliphatic carbocycles. The number of aromatic nitrogens is 1. The van der Waals surface area contributed by atoms with E-state index in [-0.39, 0.29) is 18.6 Å². The van der Waals surface area contributed by atoms with Crippen molar-refractivity contribution in [1.82, 2.24) is 10.3 Å². The number of hydrogen-bond donors (Lipinski definition) is 1. The van der Waals surface area contributed by atoms with E-state index >= 15 is 0 Å². The van der Waals surface area contributed by atoms with E-state index in [1.54, 1.807) is 29.4 Å². The van der Waals surface area contributed by atoms with Crippen LogP contribution < -0.4 is 10.2 Å². The number of carbonyl (C=O) groups excluding carboxylic acids is 2. The zero-order valence-corrected chi connectivity index (χ0v) is 11.8. The van der Waals surface area contributed by atoms with Gasteiger partial charge in [-0.1, -0.05) is 18.2 Å². The summed E-state index contributed by atoms with van der Waals surface area (Å²) < 4.78 is 5.27. The Morgan fingerprint density at radius 3 is 2.68 bits per heavy atom. The first-order valence-electron chi connectivity index (χ1n) is 6.95. The first kappa shape index (κ1) is 14.1. The molecule has 112 valence electrons. The quantitative estimate of drug-likeness (QED) is 0.934. The highest BCUT2D eigenvalue weighted by molar-refractivity contribution is 5.94. The van der Waals surface area contributed by atoms with Crippen molar-refractivity contribution in [2.24, 2.45) is 0 Å². The minimum Gasteiger partial charge on any atom is -0.442 e. The molecule has 2 heterocycles. The SMILES string of the molecule is O=C(NCC1CN(c2ccccc2)C(=O)O1)c1ccncc1. The van der Waals surface area contributed by atoms with E-state index in [9.17, 15) is 9.59 Å². The van der Waals surface area contributed by atoms with E-state index in [0.29, 0.717) is 12.1 Å². The second kappa shape index (κ2) is 6.26. The molecule has 2 aromatic rings. The molecule has 1 aromatic carbocycles. The maximum absolute atomic E-state index is 11.9. The lowest BCUT2D eigenvalue weighted by Gasteiger charge is -2.12. The number of pyridine rings is 1. The highest BCUT2D eigenvalue weighted by Gasteiger charge is 2.32. The summed E-state index contributed by atoms with van der Waals surface area (Å²) in [6.07, 6.45) is 2.36. The van der Waals surface area contributed by atoms with E-state index in [1.807, 2.05) is 30.3 Å². The Hall–Kier alpha value is -2.89. The van der Waals surface area contributed by atoms with Crippen LogP contribution >= 0.6 is 0 Å². The lowest BCUT2D eigenvalue weighted by Crippen LogP contribution is -2.34. The molecule has 2 amide bonds. The van der Waals surface area contributed by atoms with Gasteiger partial charge >= 0.3 is 6.09 Å². The predicted molar refractivity (Wildman–Crippen MR) is 80.6 cm³/mol. The van der Waals surface area contributed by atoms with E-state index in [2.05, 4.69) is 10.3 Å². The van der Waals surface area contributed by atoms with Gasteiger partial charge in [-0.3, -0.25) is 14.7 Å². The Morgan fingerprint density at radius 2 is 1.95 bits per heavy atom. The van der Waals surface area contributed by atoms with Crippen molar-refractivity contribution in [2.75, 3.05) is 18.0 Å². The van der Waals surface area contributed by atoms with Gasteiger partial charge in [-0.15, -0.1) is 0 Å². The summed E-state index contributed by atoms with van der Waals surface area (Å²) in [5, 5.41) is 2.76. The second-order valence-corrected chi connectivity index (χ2v) is 4.90. The van der Waals surface area contributed by atoms with Gasteiger partial charge in [-0.05, 0) is 24.3 Å². The van der Waals surface area contributed by atoms with Crippen LogP contribution in [0.25, 0.3) is 0 Å². The molecule has 3 rings (SSSR count). The standard InChI is InChI=1S/C16H15N3O3/c20-15(12-6-8-17-9-7-12)18-10-14-11-19(16(21)22-14)13-4-2-1-3-5-13/h1-9,14H,10-11H2,(H,18,20). The van der Waals surface area contributed by atoms with Gasteiger partial charge in [0.2, 0.25) is 0 Å². The number of hydrogen-bond acceptors (Lipinski definition) is 4. The van der Waals surface area contributed by atoms with E-state index < -0.39 is 6.09 Å². The fourth-order valence-electron chi connectivity index (χ4n) is 2.26. The molecule has 1 unspecified atom stereocenters. The third kappa shape index (κ3) is 3.06. The van der Waals surface area contributed by atoms with Gasteiger partial charge in [-0.25, -0.2) is 4.79 Å². The molecule has 1 saturated heterocycles. The molecule has 0 saturated carbocycles. The van der Waals surface area contributed by atoms with E-state index in [4.69, 9.17) is 4.74 Å². The van der Waals surface area contributed by atoms with Crippen molar-refractivity contribution in [3.63, 3.8) is 0 Å². The number of cyclic esters (lactones) is 1. The second-order valence-electron chi connectivity index (χ2n) is 4.90. The molecule has 1 atom stereocenters. The first-order valence-corrected chi connectivity index (χ1v) is 6.95. The number of anilines is 1. The summed E-state index contributed by atoms with van der Waals surface area (Å²) in [6, 6.07) is 12.6. The zero-order valence-electron chi connectivity index (χ0n) is 11.8. The predicted octanol–water partition coefficient (Wildman–Crippen LogP) is 1.84.